The normalized spacial score (nSPS) is 19.8. The lowest BCUT2D eigenvalue weighted by atomic mass is 10.5. The van der Waals surface area contributed by atoms with Gasteiger partial charge in [0.15, 0.2) is 18.1 Å². The third kappa shape index (κ3) is 7.82. The van der Waals surface area contributed by atoms with Crippen LogP contribution in [0.25, 0.3) is 0 Å². The van der Waals surface area contributed by atoms with E-state index in [9.17, 15) is 0 Å². The number of ether oxygens (including phenoxy) is 2. The van der Waals surface area contributed by atoms with Crippen molar-refractivity contribution in [2.24, 2.45) is 0 Å². The van der Waals surface area contributed by atoms with Crippen molar-refractivity contribution in [3.05, 3.63) is 0 Å². The van der Waals surface area contributed by atoms with Crippen LogP contribution in [0.5, 0.6) is 0 Å². The molecule has 0 radical (unpaired) electrons. The van der Waals surface area contributed by atoms with Crippen molar-refractivity contribution in [3.63, 3.8) is 0 Å². The first kappa shape index (κ1) is 16.5. The van der Waals surface area contributed by atoms with E-state index in [-0.39, 0.29) is 0 Å². The molecule has 0 bridgehead atoms. The Bertz CT molecular complexity index is 224. The van der Waals surface area contributed by atoms with Gasteiger partial charge in [-0.3, -0.25) is 0 Å². The second kappa shape index (κ2) is 7.93. The minimum atomic E-state index is -1.92. The highest BCUT2D eigenvalue weighted by Crippen LogP contribution is 2.19. The van der Waals surface area contributed by atoms with Crippen LogP contribution in [0.15, 0.2) is 0 Å². The average Bonchev–Trinajstić information content (AvgIpc) is 2.97. The molecule has 0 amide bonds. The molecule has 0 aromatic rings. The zero-order valence-electron chi connectivity index (χ0n) is 12.4. The van der Waals surface area contributed by atoms with Crippen LogP contribution >= 0.6 is 0 Å². The predicted octanol–water partition coefficient (Wildman–Crippen LogP) is 1.86. The van der Waals surface area contributed by atoms with Gasteiger partial charge in [0.1, 0.15) is 6.10 Å². The summed E-state index contributed by atoms with van der Waals surface area (Å²) in [4.78, 5) is 0. The zero-order valence-corrected chi connectivity index (χ0v) is 15.7. The van der Waals surface area contributed by atoms with Crippen molar-refractivity contribution in [3.8, 4) is 0 Å². The number of hydrogen-bond acceptors (Lipinski definition) is 4. The van der Waals surface area contributed by atoms with E-state index in [0.717, 1.165) is 32.3 Å². The minimum Gasteiger partial charge on any atom is -0.439 e. The Kier molecular flexibility index (Phi) is 7.29. The zero-order chi connectivity index (χ0) is 13.6. The molecular formula is C11H28O4Si3. The van der Waals surface area contributed by atoms with Crippen molar-refractivity contribution in [1.82, 2.24) is 0 Å². The summed E-state index contributed by atoms with van der Waals surface area (Å²) in [7, 11) is -3.97. The Balaban J connectivity index is 2.20. The molecule has 1 atom stereocenters. The van der Waals surface area contributed by atoms with Gasteiger partial charge in [0.25, 0.3) is 0 Å². The van der Waals surface area contributed by atoms with E-state index in [1.807, 2.05) is 0 Å². The molecule has 1 aliphatic heterocycles. The summed E-state index contributed by atoms with van der Waals surface area (Å²) in [6.07, 6.45) is 1.41. The number of rotatable bonds is 10. The topological polar surface area (TPSA) is 40.2 Å². The highest BCUT2D eigenvalue weighted by molar-refractivity contribution is 6.79. The van der Waals surface area contributed by atoms with Crippen LogP contribution in [0.1, 0.15) is 6.42 Å². The Morgan fingerprint density at radius 3 is 2.17 bits per heavy atom. The van der Waals surface area contributed by atoms with Crippen molar-refractivity contribution >= 4 is 26.6 Å². The Morgan fingerprint density at radius 1 is 1.17 bits per heavy atom. The van der Waals surface area contributed by atoms with Crippen LogP contribution in [0.3, 0.4) is 0 Å². The second-order valence-electron chi connectivity index (χ2n) is 5.60. The fourth-order valence-corrected chi connectivity index (χ4v) is 12.4. The Hall–Kier alpha value is 0.491. The largest absolute Gasteiger partial charge is 0.439 e. The molecule has 4 nitrogen and oxygen atoms in total. The highest BCUT2D eigenvalue weighted by Gasteiger charge is 2.32. The van der Waals surface area contributed by atoms with Crippen LogP contribution in [-0.4, -0.2) is 52.6 Å². The molecule has 7 heteroatoms. The molecule has 0 aliphatic carbocycles. The molecule has 1 heterocycles. The van der Waals surface area contributed by atoms with Crippen LogP contribution in [-0.2, 0) is 17.7 Å². The molecule has 1 aliphatic rings. The van der Waals surface area contributed by atoms with E-state index in [4.69, 9.17) is 17.7 Å². The van der Waals surface area contributed by atoms with E-state index in [0.29, 0.717) is 6.10 Å². The van der Waals surface area contributed by atoms with Crippen LogP contribution < -0.4 is 0 Å². The lowest BCUT2D eigenvalue weighted by Gasteiger charge is -2.31. The summed E-state index contributed by atoms with van der Waals surface area (Å²) >= 11 is 0. The summed E-state index contributed by atoms with van der Waals surface area (Å²) in [6, 6.07) is 1.05. The van der Waals surface area contributed by atoms with Crippen LogP contribution in [0.4, 0.5) is 0 Å². The molecule has 0 aromatic carbocycles. The van der Waals surface area contributed by atoms with Crippen molar-refractivity contribution in [2.75, 3.05) is 19.8 Å². The van der Waals surface area contributed by atoms with Crippen molar-refractivity contribution < 1.29 is 17.7 Å². The summed E-state index contributed by atoms with van der Waals surface area (Å²) in [6.45, 7) is 13.5. The van der Waals surface area contributed by atoms with E-state index >= 15 is 0 Å². The van der Waals surface area contributed by atoms with Crippen LogP contribution in [0.2, 0.25) is 38.8 Å². The summed E-state index contributed by atoms with van der Waals surface area (Å²) in [5, 5.41) is 0. The standard InChI is InChI=1S/C11H28O4Si3/c1-16(2)14-18(5,15-17(3)4)8-6-7-12-9-11-10-13-11/h11,16-17H,6-10H2,1-5H3. The average molecular weight is 309 g/mol. The smallest absolute Gasteiger partial charge is 0.314 e. The van der Waals surface area contributed by atoms with E-state index < -0.39 is 26.6 Å². The van der Waals surface area contributed by atoms with E-state index in [2.05, 4.69) is 32.7 Å². The van der Waals surface area contributed by atoms with E-state index in [1.54, 1.807) is 0 Å². The number of hydrogen-bond donors (Lipinski definition) is 0. The van der Waals surface area contributed by atoms with Crippen LogP contribution in [0, 0.1) is 0 Å². The second-order valence-corrected chi connectivity index (χ2v) is 14.4. The summed E-state index contributed by atoms with van der Waals surface area (Å²) < 4.78 is 23.1. The van der Waals surface area contributed by atoms with Gasteiger partial charge in [0.05, 0.1) is 13.2 Å². The molecule has 0 spiro atoms. The van der Waals surface area contributed by atoms with Gasteiger partial charge in [-0.25, -0.2) is 0 Å². The first-order chi connectivity index (χ1) is 8.41. The van der Waals surface area contributed by atoms with Gasteiger partial charge in [0.2, 0.25) is 0 Å². The van der Waals surface area contributed by atoms with Gasteiger partial charge < -0.3 is 17.7 Å². The molecule has 18 heavy (non-hydrogen) atoms. The van der Waals surface area contributed by atoms with Gasteiger partial charge in [-0.05, 0) is 45.2 Å². The summed E-state index contributed by atoms with van der Waals surface area (Å²) in [5.41, 5.74) is 0. The third-order valence-electron chi connectivity index (χ3n) is 2.60. The molecule has 108 valence electrons. The molecule has 0 N–H and O–H groups in total. The highest BCUT2D eigenvalue weighted by atomic mass is 28.5. The monoisotopic (exact) mass is 308 g/mol. The fraction of sp³-hybridized carbons (Fsp3) is 1.00. The summed E-state index contributed by atoms with van der Waals surface area (Å²) in [5.74, 6) is 0. The molecule has 1 fully saturated rings. The molecule has 1 unspecified atom stereocenters. The molecule has 1 saturated heterocycles. The van der Waals surface area contributed by atoms with Crippen molar-refractivity contribution in [1.29, 1.82) is 0 Å². The molecule has 0 aromatic heterocycles. The first-order valence-electron chi connectivity index (χ1n) is 6.96. The van der Waals surface area contributed by atoms with Gasteiger partial charge in [0, 0.05) is 6.61 Å². The SMILES string of the molecule is C[SiH](C)O[Si](C)(CCCOCC1CO1)O[SiH](C)C. The molecular weight excluding hydrogens is 280 g/mol. The van der Waals surface area contributed by atoms with Gasteiger partial charge in [-0.15, -0.1) is 0 Å². The quantitative estimate of drug-likeness (QED) is 0.351. The molecule has 1 rings (SSSR count). The fourth-order valence-electron chi connectivity index (χ4n) is 2.02. The minimum absolute atomic E-state index is 0.368. The molecule has 0 saturated carbocycles. The Morgan fingerprint density at radius 2 is 1.72 bits per heavy atom. The maximum Gasteiger partial charge on any atom is 0.314 e. The first-order valence-corrected chi connectivity index (χ1v) is 15.0. The maximum atomic E-state index is 6.20. The third-order valence-corrected chi connectivity index (χ3v) is 11.6. The van der Waals surface area contributed by atoms with Gasteiger partial charge >= 0.3 is 8.56 Å². The number of epoxide rings is 1. The lowest BCUT2D eigenvalue weighted by Crippen LogP contribution is -2.45. The van der Waals surface area contributed by atoms with Gasteiger partial charge in [-0.1, -0.05) is 0 Å². The predicted molar refractivity (Wildman–Crippen MR) is 81.5 cm³/mol. The maximum absolute atomic E-state index is 6.20. The van der Waals surface area contributed by atoms with Crippen molar-refractivity contribution in [2.45, 2.75) is 51.3 Å². The lowest BCUT2D eigenvalue weighted by molar-refractivity contribution is 0.116. The van der Waals surface area contributed by atoms with E-state index in [1.165, 1.54) is 0 Å². The van der Waals surface area contributed by atoms with Gasteiger partial charge in [-0.2, -0.15) is 0 Å². The Labute approximate surface area is 116 Å².